The van der Waals surface area contributed by atoms with Gasteiger partial charge in [-0.15, -0.1) is 0 Å². The van der Waals surface area contributed by atoms with Crippen molar-refractivity contribution < 1.29 is 32.0 Å². The molecule has 2 amide bonds. The molecule has 0 bridgehead atoms. The molecule has 0 fully saturated rings. The second-order valence-electron chi connectivity index (χ2n) is 7.83. The molecule has 0 aliphatic rings. The van der Waals surface area contributed by atoms with Crippen LogP contribution in [0.1, 0.15) is 36.0 Å². The molecule has 0 saturated carbocycles. The van der Waals surface area contributed by atoms with E-state index in [2.05, 4.69) is 26.6 Å². The van der Waals surface area contributed by atoms with Gasteiger partial charge in [-0.05, 0) is 45.6 Å². The van der Waals surface area contributed by atoms with Crippen LogP contribution < -0.4 is 10.6 Å². The number of Topliss-reactive ketones (excluding diaryl/α,β-unsaturated/α-hetero) is 1. The standard InChI is InChI=1S/C23H19BrClF3N2O4/c1-11(2)17(20(31)23(26,27)28)29-22(33)18(12-6-4-3-5-7-12)30-21(32)16-9-13-8-14(25)10-15(24)19(13)34-16/h3-11,17-18H,1-2H3,(H,29,33)(H,30,32)/t17-,18?/m0/s1. The van der Waals surface area contributed by atoms with E-state index >= 15 is 0 Å². The van der Waals surface area contributed by atoms with Crippen LogP contribution in [-0.2, 0) is 9.59 Å². The SMILES string of the molecule is CC(C)[C@H](NC(=O)C(NC(=O)c1cc2cc(Cl)cc(Br)c2o1)c1ccccc1)C(=O)C(F)(F)F. The number of rotatable bonds is 7. The van der Waals surface area contributed by atoms with Crippen molar-refractivity contribution in [3.63, 3.8) is 0 Å². The van der Waals surface area contributed by atoms with Gasteiger partial charge in [0.15, 0.2) is 5.76 Å². The Morgan fingerprint density at radius 2 is 1.68 bits per heavy atom. The molecule has 3 rings (SSSR count). The highest BCUT2D eigenvalue weighted by Gasteiger charge is 2.45. The molecule has 6 nitrogen and oxygen atoms in total. The van der Waals surface area contributed by atoms with E-state index in [1.54, 1.807) is 30.3 Å². The van der Waals surface area contributed by atoms with Crippen molar-refractivity contribution in [3.05, 3.63) is 69.3 Å². The van der Waals surface area contributed by atoms with Crippen molar-refractivity contribution in [3.8, 4) is 0 Å². The van der Waals surface area contributed by atoms with Crippen molar-refractivity contribution in [2.24, 2.45) is 5.92 Å². The number of hydrogen-bond acceptors (Lipinski definition) is 4. The quantitative estimate of drug-likeness (QED) is 0.395. The minimum atomic E-state index is -5.13. The predicted molar refractivity (Wildman–Crippen MR) is 123 cm³/mol. The first-order chi connectivity index (χ1) is 15.9. The highest BCUT2D eigenvalue weighted by atomic mass is 79.9. The van der Waals surface area contributed by atoms with Crippen LogP contribution in [-0.4, -0.2) is 29.8 Å². The van der Waals surface area contributed by atoms with Gasteiger partial charge in [0.25, 0.3) is 11.7 Å². The summed E-state index contributed by atoms with van der Waals surface area (Å²) in [5, 5.41) is 5.56. The van der Waals surface area contributed by atoms with E-state index in [1.165, 1.54) is 32.0 Å². The number of halogens is 5. The molecule has 1 heterocycles. The first-order valence-electron chi connectivity index (χ1n) is 10.0. The third-order valence-electron chi connectivity index (χ3n) is 4.96. The molecule has 3 aromatic rings. The molecular weight excluding hydrogens is 541 g/mol. The lowest BCUT2D eigenvalue weighted by molar-refractivity contribution is -0.175. The summed E-state index contributed by atoms with van der Waals surface area (Å²) in [5.41, 5.74) is 0.654. The highest BCUT2D eigenvalue weighted by molar-refractivity contribution is 9.10. The van der Waals surface area contributed by atoms with Gasteiger partial charge in [0.1, 0.15) is 11.6 Å². The Kier molecular flexibility index (Phi) is 7.72. The molecule has 0 radical (unpaired) electrons. The number of benzene rings is 2. The number of furan rings is 1. The Balaban J connectivity index is 1.91. The second-order valence-corrected chi connectivity index (χ2v) is 9.12. The van der Waals surface area contributed by atoms with Gasteiger partial charge in [-0.1, -0.05) is 55.8 Å². The molecule has 0 aliphatic heterocycles. The largest absolute Gasteiger partial charge is 0.452 e. The summed E-state index contributed by atoms with van der Waals surface area (Å²) in [6, 6.07) is 9.29. The lowest BCUT2D eigenvalue weighted by atomic mass is 9.98. The minimum absolute atomic E-state index is 0.140. The van der Waals surface area contributed by atoms with Gasteiger partial charge in [-0.3, -0.25) is 14.4 Å². The molecule has 34 heavy (non-hydrogen) atoms. The maximum absolute atomic E-state index is 13.0. The zero-order valence-electron chi connectivity index (χ0n) is 17.9. The summed E-state index contributed by atoms with van der Waals surface area (Å²) in [7, 11) is 0. The third kappa shape index (κ3) is 5.79. The molecule has 11 heteroatoms. The number of hydrogen-bond donors (Lipinski definition) is 2. The molecule has 180 valence electrons. The molecule has 1 unspecified atom stereocenters. The summed E-state index contributed by atoms with van der Waals surface area (Å²) < 4.78 is 45.2. The first kappa shape index (κ1) is 25.8. The molecule has 1 aromatic heterocycles. The van der Waals surface area contributed by atoms with Gasteiger partial charge in [0.05, 0.1) is 10.5 Å². The normalized spacial score (nSPS) is 13.5. The number of carbonyl (C=O) groups is 3. The Morgan fingerprint density at radius 1 is 1.03 bits per heavy atom. The van der Waals surface area contributed by atoms with Gasteiger partial charge in [-0.2, -0.15) is 13.2 Å². The number of ketones is 1. The number of fused-ring (bicyclic) bond motifs is 1. The van der Waals surface area contributed by atoms with Gasteiger partial charge >= 0.3 is 6.18 Å². The molecule has 2 atom stereocenters. The van der Waals surface area contributed by atoms with Crippen LogP contribution in [0.3, 0.4) is 0 Å². The van der Waals surface area contributed by atoms with E-state index in [4.69, 9.17) is 16.0 Å². The molecule has 0 aliphatic carbocycles. The third-order valence-corrected chi connectivity index (χ3v) is 5.76. The lowest BCUT2D eigenvalue weighted by Crippen LogP contribution is -2.52. The summed E-state index contributed by atoms with van der Waals surface area (Å²) in [4.78, 5) is 37.8. The van der Waals surface area contributed by atoms with Crippen molar-refractivity contribution in [2.75, 3.05) is 0 Å². The smallest absolute Gasteiger partial charge is 0.450 e. The van der Waals surface area contributed by atoms with Crippen LogP contribution in [0.2, 0.25) is 5.02 Å². The highest BCUT2D eigenvalue weighted by Crippen LogP contribution is 2.31. The summed E-state index contributed by atoms with van der Waals surface area (Å²) >= 11 is 9.31. The maximum atomic E-state index is 13.0. The fourth-order valence-electron chi connectivity index (χ4n) is 3.28. The van der Waals surface area contributed by atoms with Crippen molar-refractivity contribution >= 4 is 56.1 Å². The molecule has 2 aromatic carbocycles. The van der Waals surface area contributed by atoms with Crippen LogP contribution in [0.25, 0.3) is 11.0 Å². The maximum Gasteiger partial charge on any atom is 0.452 e. The van der Waals surface area contributed by atoms with Gasteiger partial charge in [-0.25, -0.2) is 0 Å². The average molecular weight is 560 g/mol. The van der Waals surface area contributed by atoms with E-state index < -0.39 is 41.8 Å². The Hall–Kier alpha value is -2.85. The zero-order valence-corrected chi connectivity index (χ0v) is 20.2. The first-order valence-corrected chi connectivity index (χ1v) is 11.2. The summed E-state index contributed by atoms with van der Waals surface area (Å²) in [6.45, 7) is 2.75. The molecular formula is C23H19BrClF3N2O4. The van der Waals surface area contributed by atoms with Gasteiger partial charge in [0, 0.05) is 10.4 Å². The van der Waals surface area contributed by atoms with Gasteiger partial charge in [0.2, 0.25) is 5.91 Å². The number of carbonyl (C=O) groups excluding carboxylic acids is 3. The van der Waals surface area contributed by atoms with Crippen LogP contribution in [0.4, 0.5) is 13.2 Å². The zero-order chi connectivity index (χ0) is 25.2. The van der Waals surface area contributed by atoms with E-state index in [1.807, 2.05) is 0 Å². The minimum Gasteiger partial charge on any atom is -0.450 e. The van der Waals surface area contributed by atoms with E-state index in [-0.39, 0.29) is 5.76 Å². The van der Waals surface area contributed by atoms with Crippen LogP contribution in [0.15, 0.2) is 57.4 Å². The van der Waals surface area contributed by atoms with Crippen LogP contribution in [0.5, 0.6) is 0 Å². The fraction of sp³-hybridized carbons (Fsp3) is 0.261. The van der Waals surface area contributed by atoms with E-state index in [0.717, 1.165) is 0 Å². The molecule has 0 spiro atoms. The Morgan fingerprint density at radius 3 is 2.26 bits per heavy atom. The molecule has 2 N–H and O–H groups in total. The van der Waals surface area contributed by atoms with Crippen LogP contribution >= 0.6 is 27.5 Å². The molecule has 0 saturated heterocycles. The van der Waals surface area contributed by atoms with Crippen molar-refractivity contribution in [1.29, 1.82) is 0 Å². The second kappa shape index (κ2) is 10.2. The Bertz CT molecular complexity index is 1230. The monoisotopic (exact) mass is 558 g/mol. The number of nitrogens with one attached hydrogen (secondary N) is 2. The number of alkyl halides is 3. The topological polar surface area (TPSA) is 88.4 Å². The van der Waals surface area contributed by atoms with E-state index in [0.29, 0.717) is 26.0 Å². The van der Waals surface area contributed by atoms with Crippen molar-refractivity contribution in [2.45, 2.75) is 32.1 Å². The lowest BCUT2D eigenvalue weighted by Gasteiger charge is -2.25. The Labute approximate surface area is 206 Å². The van der Waals surface area contributed by atoms with E-state index in [9.17, 15) is 27.6 Å². The van der Waals surface area contributed by atoms with Crippen LogP contribution in [0, 0.1) is 5.92 Å². The summed E-state index contributed by atoms with van der Waals surface area (Å²) in [5.74, 6) is -4.82. The summed E-state index contributed by atoms with van der Waals surface area (Å²) in [6.07, 6.45) is -5.13. The fourth-order valence-corrected chi connectivity index (χ4v) is 4.20. The average Bonchev–Trinajstić information content (AvgIpc) is 3.19. The van der Waals surface area contributed by atoms with Gasteiger partial charge < -0.3 is 15.1 Å². The predicted octanol–water partition coefficient (Wildman–Crippen LogP) is 5.59. The van der Waals surface area contributed by atoms with Crippen molar-refractivity contribution in [1.82, 2.24) is 10.6 Å². The number of amides is 2.